The Morgan fingerprint density at radius 3 is 2.68 bits per heavy atom. The summed E-state index contributed by atoms with van der Waals surface area (Å²) < 4.78 is 39.6. The van der Waals surface area contributed by atoms with E-state index in [9.17, 15) is 13.2 Å². The number of imidazole rings is 1. The molecule has 1 aromatic heterocycles. The minimum atomic E-state index is -4.36. The number of hydrogen-bond acceptors (Lipinski definition) is 3. The molecule has 2 N–H and O–H groups in total. The fraction of sp³-hybridized carbons (Fsp3) is 0.417. The Balaban J connectivity index is 2.48. The van der Waals surface area contributed by atoms with E-state index in [0.717, 1.165) is 12.1 Å². The van der Waals surface area contributed by atoms with Crippen LogP contribution in [0.5, 0.6) is 0 Å². The number of halogens is 3. The summed E-state index contributed by atoms with van der Waals surface area (Å²) in [5.74, 6) is 0.246. The zero-order chi connectivity index (χ0) is 14.2. The van der Waals surface area contributed by atoms with Crippen LogP contribution in [0, 0.1) is 0 Å². The van der Waals surface area contributed by atoms with E-state index in [4.69, 9.17) is 5.73 Å². The molecule has 0 amide bonds. The number of nitrogens with two attached hydrogens (primary N) is 1. The average Bonchev–Trinajstić information content (AvgIpc) is 2.64. The van der Waals surface area contributed by atoms with Gasteiger partial charge < -0.3 is 10.3 Å². The molecule has 1 aromatic carbocycles. The van der Waals surface area contributed by atoms with Gasteiger partial charge in [0.25, 0.3) is 0 Å². The lowest BCUT2D eigenvalue weighted by atomic mass is 10.2. The molecule has 0 radical (unpaired) electrons. The highest BCUT2D eigenvalue weighted by molar-refractivity contribution is 7.99. The highest BCUT2D eigenvalue weighted by atomic mass is 32.2. The SMILES string of the molecule is CSC(C)Cn1c(N)nc2cc(C(F)(F)F)ccc21. The Morgan fingerprint density at radius 1 is 1.42 bits per heavy atom. The fourth-order valence-electron chi connectivity index (χ4n) is 1.85. The van der Waals surface area contributed by atoms with Crippen molar-refractivity contribution in [1.82, 2.24) is 9.55 Å². The molecule has 1 heterocycles. The summed E-state index contributed by atoms with van der Waals surface area (Å²) in [5, 5.41) is 0.307. The van der Waals surface area contributed by atoms with Gasteiger partial charge in [0.2, 0.25) is 5.95 Å². The second-order valence-electron chi connectivity index (χ2n) is 4.33. The molecule has 0 saturated heterocycles. The first-order chi connectivity index (χ1) is 8.82. The molecule has 0 fully saturated rings. The Hall–Kier alpha value is -1.37. The van der Waals surface area contributed by atoms with Crippen LogP contribution < -0.4 is 5.73 Å². The summed E-state index contributed by atoms with van der Waals surface area (Å²) in [4.78, 5) is 4.01. The molecular weight excluding hydrogens is 275 g/mol. The van der Waals surface area contributed by atoms with Gasteiger partial charge in [0.05, 0.1) is 16.6 Å². The van der Waals surface area contributed by atoms with Crippen LogP contribution >= 0.6 is 11.8 Å². The number of hydrogen-bond donors (Lipinski definition) is 1. The van der Waals surface area contributed by atoms with Crippen molar-refractivity contribution < 1.29 is 13.2 Å². The maximum Gasteiger partial charge on any atom is 0.416 e. The van der Waals surface area contributed by atoms with Crippen molar-refractivity contribution in [2.45, 2.75) is 24.9 Å². The summed E-state index contributed by atoms with van der Waals surface area (Å²) in [6.45, 7) is 2.65. The Bertz CT molecular complexity index is 592. The van der Waals surface area contributed by atoms with Crippen molar-refractivity contribution in [1.29, 1.82) is 0 Å². The van der Waals surface area contributed by atoms with Gasteiger partial charge in [-0.3, -0.25) is 0 Å². The maximum absolute atomic E-state index is 12.6. The van der Waals surface area contributed by atoms with Gasteiger partial charge >= 0.3 is 6.18 Å². The lowest BCUT2D eigenvalue weighted by Crippen LogP contribution is -2.11. The molecule has 2 rings (SSSR count). The monoisotopic (exact) mass is 289 g/mol. The summed E-state index contributed by atoms with van der Waals surface area (Å²) in [6, 6.07) is 3.52. The molecule has 2 aromatic rings. The molecule has 7 heteroatoms. The zero-order valence-electron chi connectivity index (χ0n) is 10.5. The first-order valence-corrected chi connectivity index (χ1v) is 6.97. The third-order valence-electron chi connectivity index (χ3n) is 2.95. The van der Waals surface area contributed by atoms with E-state index in [0.29, 0.717) is 17.3 Å². The van der Waals surface area contributed by atoms with E-state index in [1.807, 2.05) is 13.2 Å². The van der Waals surface area contributed by atoms with Gasteiger partial charge in [0.15, 0.2) is 0 Å². The van der Waals surface area contributed by atoms with Crippen molar-refractivity contribution in [2.75, 3.05) is 12.0 Å². The van der Waals surface area contributed by atoms with Crippen LogP contribution in [0.25, 0.3) is 11.0 Å². The summed E-state index contributed by atoms with van der Waals surface area (Å²) >= 11 is 1.66. The van der Waals surface area contributed by atoms with E-state index in [2.05, 4.69) is 4.98 Å². The van der Waals surface area contributed by atoms with Crippen LogP contribution in [0.4, 0.5) is 19.1 Å². The molecule has 0 aliphatic heterocycles. The van der Waals surface area contributed by atoms with E-state index >= 15 is 0 Å². The molecule has 0 aliphatic carbocycles. The number of thioether (sulfide) groups is 1. The van der Waals surface area contributed by atoms with Crippen LogP contribution in [-0.2, 0) is 12.7 Å². The summed E-state index contributed by atoms with van der Waals surface area (Å²) in [5.41, 5.74) is 5.98. The predicted molar refractivity (Wildman–Crippen MR) is 72.1 cm³/mol. The van der Waals surface area contributed by atoms with E-state index in [1.54, 1.807) is 16.3 Å². The third kappa shape index (κ3) is 2.80. The maximum atomic E-state index is 12.6. The van der Waals surface area contributed by atoms with Crippen LogP contribution in [0.15, 0.2) is 18.2 Å². The van der Waals surface area contributed by atoms with Crippen molar-refractivity contribution in [3.8, 4) is 0 Å². The minimum absolute atomic E-state index is 0.246. The molecule has 0 saturated carbocycles. The van der Waals surface area contributed by atoms with Gasteiger partial charge in [-0.25, -0.2) is 4.98 Å². The van der Waals surface area contributed by atoms with Crippen LogP contribution in [-0.4, -0.2) is 21.1 Å². The van der Waals surface area contributed by atoms with Crippen molar-refractivity contribution >= 4 is 28.7 Å². The van der Waals surface area contributed by atoms with E-state index in [-0.39, 0.29) is 11.5 Å². The normalized spacial score (nSPS) is 13.9. The van der Waals surface area contributed by atoms with E-state index < -0.39 is 11.7 Å². The second-order valence-corrected chi connectivity index (χ2v) is 5.60. The molecule has 0 spiro atoms. The second kappa shape index (κ2) is 4.96. The van der Waals surface area contributed by atoms with Gasteiger partial charge in [-0.05, 0) is 24.5 Å². The van der Waals surface area contributed by atoms with Crippen LogP contribution in [0.1, 0.15) is 12.5 Å². The van der Waals surface area contributed by atoms with Gasteiger partial charge in [-0.1, -0.05) is 6.92 Å². The minimum Gasteiger partial charge on any atom is -0.369 e. The molecule has 0 aliphatic rings. The molecule has 104 valence electrons. The molecule has 1 atom stereocenters. The standard InChI is InChI=1S/C12H14F3N3S/c1-7(19-2)6-18-10-4-3-8(12(13,14)15)5-9(10)17-11(18)16/h3-5,7H,6H2,1-2H3,(H2,16,17). The lowest BCUT2D eigenvalue weighted by molar-refractivity contribution is -0.137. The third-order valence-corrected chi connectivity index (χ3v) is 3.90. The number of anilines is 1. The quantitative estimate of drug-likeness (QED) is 0.942. The number of alkyl halides is 3. The van der Waals surface area contributed by atoms with Crippen molar-refractivity contribution in [2.24, 2.45) is 0 Å². The number of fused-ring (bicyclic) bond motifs is 1. The molecule has 3 nitrogen and oxygen atoms in total. The van der Waals surface area contributed by atoms with Gasteiger partial charge in [0, 0.05) is 11.8 Å². The van der Waals surface area contributed by atoms with Crippen LogP contribution in [0.3, 0.4) is 0 Å². The molecule has 1 unspecified atom stereocenters. The predicted octanol–water partition coefficient (Wildman–Crippen LogP) is 3.39. The number of aromatic nitrogens is 2. The summed E-state index contributed by atoms with van der Waals surface area (Å²) in [7, 11) is 0. The molecular formula is C12H14F3N3S. The van der Waals surface area contributed by atoms with E-state index in [1.165, 1.54) is 6.07 Å². The Morgan fingerprint density at radius 2 is 2.11 bits per heavy atom. The molecule has 19 heavy (non-hydrogen) atoms. The zero-order valence-corrected chi connectivity index (χ0v) is 11.3. The van der Waals surface area contributed by atoms with Crippen molar-refractivity contribution in [3.05, 3.63) is 23.8 Å². The number of benzene rings is 1. The number of nitrogens with zero attached hydrogens (tertiary/aromatic N) is 2. The van der Waals surface area contributed by atoms with Crippen LogP contribution in [0.2, 0.25) is 0 Å². The number of rotatable bonds is 3. The largest absolute Gasteiger partial charge is 0.416 e. The fourth-order valence-corrected chi connectivity index (χ4v) is 2.15. The Labute approximate surface area is 113 Å². The van der Waals surface area contributed by atoms with Crippen molar-refractivity contribution in [3.63, 3.8) is 0 Å². The van der Waals surface area contributed by atoms with Gasteiger partial charge in [0.1, 0.15) is 0 Å². The highest BCUT2D eigenvalue weighted by Gasteiger charge is 2.31. The highest BCUT2D eigenvalue weighted by Crippen LogP contribution is 2.32. The van der Waals surface area contributed by atoms with Gasteiger partial charge in [-0.2, -0.15) is 24.9 Å². The summed E-state index contributed by atoms with van der Waals surface area (Å²) in [6.07, 6.45) is -2.39. The first-order valence-electron chi connectivity index (χ1n) is 5.68. The molecule has 0 bridgehead atoms. The first kappa shape index (κ1) is 14.0. The number of nitrogen functional groups attached to an aromatic ring is 1. The average molecular weight is 289 g/mol. The van der Waals surface area contributed by atoms with Gasteiger partial charge in [-0.15, -0.1) is 0 Å². The Kier molecular flexibility index (Phi) is 3.66. The smallest absolute Gasteiger partial charge is 0.369 e. The lowest BCUT2D eigenvalue weighted by Gasteiger charge is -2.12. The topological polar surface area (TPSA) is 43.8 Å².